The highest BCUT2D eigenvalue weighted by molar-refractivity contribution is 5.98. The smallest absolute Gasteiger partial charge is 0.253 e. The molecule has 3 rings (SSSR count). The average molecular weight is 393 g/mol. The number of rotatable bonds is 5. The molecule has 0 spiro atoms. The van der Waals surface area contributed by atoms with Crippen LogP contribution in [-0.2, 0) is 4.79 Å². The van der Waals surface area contributed by atoms with E-state index in [0.29, 0.717) is 36.4 Å². The Balaban J connectivity index is 1.64. The summed E-state index contributed by atoms with van der Waals surface area (Å²) in [5, 5.41) is 5.65. The zero-order valence-corrected chi connectivity index (χ0v) is 16.9. The van der Waals surface area contributed by atoms with Gasteiger partial charge in [-0.1, -0.05) is 23.8 Å². The van der Waals surface area contributed by atoms with Crippen LogP contribution < -0.4 is 10.6 Å². The van der Waals surface area contributed by atoms with Crippen molar-refractivity contribution in [1.82, 2.24) is 10.2 Å². The Kier molecular flexibility index (Phi) is 6.65. The van der Waals surface area contributed by atoms with Crippen molar-refractivity contribution in [2.24, 2.45) is 5.92 Å². The number of aryl methyl sites for hydroxylation is 1. The van der Waals surface area contributed by atoms with E-state index in [-0.39, 0.29) is 23.6 Å². The van der Waals surface area contributed by atoms with Crippen molar-refractivity contribution in [1.29, 1.82) is 0 Å². The van der Waals surface area contributed by atoms with Gasteiger partial charge in [0.2, 0.25) is 5.91 Å². The quantitative estimate of drug-likeness (QED) is 0.819. The van der Waals surface area contributed by atoms with Crippen LogP contribution in [0.4, 0.5) is 5.69 Å². The maximum Gasteiger partial charge on any atom is 0.253 e. The van der Waals surface area contributed by atoms with Gasteiger partial charge in [0.15, 0.2) is 0 Å². The summed E-state index contributed by atoms with van der Waals surface area (Å²) in [6, 6.07) is 14.4. The Morgan fingerprint density at radius 2 is 1.83 bits per heavy atom. The van der Waals surface area contributed by atoms with E-state index in [0.717, 1.165) is 18.4 Å². The number of benzene rings is 2. The van der Waals surface area contributed by atoms with Gasteiger partial charge >= 0.3 is 0 Å². The first-order valence-electron chi connectivity index (χ1n) is 10.0. The first kappa shape index (κ1) is 20.6. The molecule has 3 amide bonds. The van der Waals surface area contributed by atoms with Crippen LogP contribution in [0.2, 0.25) is 0 Å². The first-order chi connectivity index (χ1) is 14.0. The Labute approximate surface area is 171 Å². The normalized spacial score (nSPS) is 16.2. The van der Waals surface area contributed by atoms with Gasteiger partial charge in [0, 0.05) is 36.4 Å². The number of hydrogen-bond acceptors (Lipinski definition) is 3. The molecule has 6 heteroatoms. The molecule has 2 aromatic rings. The topological polar surface area (TPSA) is 78.5 Å². The van der Waals surface area contributed by atoms with E-state index in [4.69, 9.17) is 0 Å². The fraction of sp³-hybridized carbons (Fsp3) is 0.348. The second kappa shape index (κ2) is 9.37. The number of carbonyl (C=O) groups excluding carboxylic acids is 3. The van der Waals surface area contributed by atoms with Crippen molar-refractivity contribution < 1.29 is 14.4 Å². The molecule has 6 nitrogen and oxygen atoms in total. The van der Waals surface area contributed by atoms with E-state index in [1.807, 2.05) is 38.1 Å². The highest BCUT2D eigenvalue weighted by Crippen LogP contribution is 2.21. The number of likely N-dealkylation sites (tertiary alicyclic amines) is 1. The number of amides is 3. The highest BCUT2D eigenvalue weighted by Gasteiger charge is 2.29. The first-order valence-corrected chi connectivity index (χ1v) is 10.0. The van der Waals surface area contributed by atoms with Crippen molar-refractivity contribution in [3.05, 3.63) is 65.2 Å². The maximum absolute atomic E-state index is 12.8. The van der Waals surface area contributed by atoms with Crippen LogP contribution >= 0.6 is 0 Å². The summed E-state index contributed by atoms with van der Waals surface area (Å²) >= 11 is 0. The third kappa shape index (κ3) is 5.22. The number of hydrogen-bond donors (Lipinski definition) is 2. The molecule has 0 bridgehead atoms. The molecule has 1 heterocycles. The molecule has 1 saturated heterocycles. The lowest BCUT2D eigenvalue weighted by Gasteiger charge is -2.32. The number of anilines is 1. The zero-order valence-electron chi connectivity index (χ0n) is 16.9. The number of nitrogens with one attached hydrogen (secondary N) is 2. The number of carbonyl (C=O) groups is 3. The van der Waals surface area contributed by atoms with Gasteiger partial charge in [0.1, 0.15) is 0 Å². The van der Waals surface area contributed by atoms with Crippen molar-refractivity contribution >= 4 is 23.4 Å². The molecule has 1 aliphatic heterocycles. The van der Waals surface area contributed by atoms with Gasteiger partial charge in [-0.15, -0.1) is 0 Å². The Hall–Kier alpha value is -3.15. The van der Waals surface area contributed by atoms with Gasteiger partial charge in [0.25, 0.3) is 11.8 Å². The summed E-state index contributed by atoms with van der Waals surface area (Å²) in [7, 11) is 0. The highest BCUT2D eigenvalue weighted by atomic mass is 16.2. The third-order valence-corrected chi connectivity index (χ3v) is 5.11. The summed E-state index contributed by atoms with van der Waals surface area (Å²) in [5.74, 6) is -0.609. The van der Waals surface area contributed by atoms with E-state index in [1.54, 1.807) is 29.2 Å². The second-order valence-electron chi connectivity index (χ2n) is 7.39. The minimum atomic E-state index is -0.272. The van der Waals surface area contributed by atoms with Gasteiger partial charge < -0.3 is 15.5 Å². The van der Waals surface area contributed by atoms with E-state index >= 15 is 0 Å². The van der Waals surface area contributed by atoms with Crippen LogP contribution in [0.5, 0.6) is 0 Å². The van der Waals surface area contributed by atoms with E-state index < -0.39 is 0 Å². The van der Waals surface area contributed by atoms with Crippen molar-refractivity contribution in [2.45, 2.75) is 26.7 Å². The fourth-order valence-electron chi connectivity index (χ4n) is 3.50. The van der Waals surface area contributed by atoms with Crippen LogP contribution in [0, 0.1) is 12.8 Å². The molecule has 0 radical (unpaired) electrons. The largest absolute Gasteiger partial charge is 0.352 e. The molecule has 0 aliphatic carbocycles. The Bertz CT molecular complexity index is 892. The van der Waals surface area contributed by atoms with Crippen molar-refractivity contribution in [2.75, 3.05) is 25.0 Å². The third-order valence-electron chi connectivity index (χ3n) is 5.11. The second-order valence-corrected chi connectivity index (χ2v) is 7.39. The molecular weight excluding hydrogens is 366 g/mol. The fourth-order valence-corrected chi connectivity index (χ4v) is 3.50. The average Bonchev–Trinajstić information content (AvgIpc) is 2.74. The van der Waals surface area contributed by atoms with Crippen LogP contribution in [0.15, 0.2) is 48.5 Å². The summed E-state index contributed by atoms with van der Waals surface area (Å²) < 4.78 is 0. The molecule has 2 aromatic carbocycles. The minimum absolute atomic E-state index is 0.0410. The summed E-state index contributed by atoms with van der Waals surface area (Å²) in [5.41, 5.74) is 2.84. The molecule has 152 valence electrons. The molecule has 1 fully saturated rings. The molecule has 2 N–H and O–H groups in total. The molecule has 1 unspecified atom stereocenters. The lowest BCUT2D eigenvalue weighted by molar-refractivity contribution is -0.121. The predicted molar refractivity (Wildman–Crippen MR) is 113 cm³/mol. The predicted octanol–water partition coefficient (Wildman–Crippen LogP) is 3.24. The van der Waals surface area contributed by atoms with Crippen LogP contribution in [0.1, 0.15) is 46.0 Å². The Morgan fingerprint density at radius 1 is 1.07 bits per heavy atom. The minimum Gasteiger partial charge on any atom is -0.352 e. The van der Waals surface area contributed by atoms with Crippen LogP contribution in [0.25, 0.3) is 0 Å². The van der Waals surface area contributed by atoms with Gasteiger partial charge in [-0.3, -0.25) is 14.4 Å². The van der Waals surface area contributed by atoms with Crippen molar-refractivity contribution in [3.8, 4) is 0 Å². The molecular formula is C23H27N3O3. The maximum atomic E-state index is 12.8. The summed E-state index contributed by atoms with van der Waals surface area (Å²) in [6.45, 7) is 5.44. The zero-order chi connectivity index (χ0) is 20.8. The van der Waals surface area contributed by atoms with Crippen LogP contribution in [0.3, 0.4) is 0 Å². The SMILES string of the molecule is CCNC(=O)c1cccc(NC(=O)C2CCCN(C(=O)c3ccc(C)cc3)C2)c1. The monoisotopic (exact) mass is 393 g/mol. The summed E-state index contributed by atoms with van der Waals surface area (Å²) in [4.78, 5) is 39.3. The van der Waals surface area contributed by atoms with Gasteiger partial charge in [0.05, 0.1) is 5.92 Å². The molecule has 29 heavy (non-hydrogen) atoms. The van der Waals surface area contributed by atoms with Crippen LogP contribution in [-0.4, -0.2) is 42.3 Å². The van der Waals surface area contributed by atoms with E-state index in [1.165, 1.54) is 0 Å². The lowest BCUT2D eigenvalue weighted by Crippen LogP contribution is -2.43. The molecule has 1 atom stereocenters. The number of nitrogens with zero attached hydrogens (tertiary/aromatic N) is 1. The van der Waals surface area contributed by atoms with Gasteiger partial charge in [-0.25, -0.2) is 0 Å². The van der Waals surface area contributed by atoms with Crippen molar-refractivity contribution in [3.63, 3.8) is 0 Å². The van der Waals surface area contributed by atoms with Gasteiger partial charge in [-0.2, -0.15) is 0 Å². The van der Waals surface area contributed by atoms with Gasteiger partial charge in [-0.05, 0) is 57.0 Å². The molecule has 0 aromatic heterocycles. The Morgan fingerprint density at radius 3 is 2.55 bits per heavy atom. The molecule has 1 aliphatic rings. The lowest BCUT2D eigenvalue weighted by atomic mass is 9.96. The summed E-state index contributed by atoms with van der Waals surface area (Å²) in [6.07, 6.45) is 1.52. The number of piperidine rings is 1. The standard InChI is InChI=1S/C23H27N3O3/c1-3-24-21(27)18-6-4-8-20(14-18)25-22(28)19-7-5-13-26(15-19)23(29)17-11-9-16(2)10-12-17/h4,6,8-12,14,19H,3,5,7,13,15H2,1-2H3,(H,24,27)(H,25,28). The molecule has 0 saturated carbocycles. The van der Waals surface area contributed by atoms with E-state index in [9.17, 15) is 14.4 Å². The van der Waals surface area contributed by atoms with E-state index in [2.05, 4.69) is 10.6 Å².